The molecule has 2 aliphatic rings. The summed E-state index contributed by atoms with van der Waals surface area (Å²) in [4.78, 5) is 4.82. The molecule has 2 fully saturated rings. The monoisotopic (exact) mass is 295 g/mol. The van der Waals surface area contributed by atoms with Crippen LogP contribution in [-0.2, 0) is 5.41 Å². The van der Waals surface area contributed by atoms with Crippen molar-refractivity contribution in [2.75, 3.05) is 18.8 Å². The first-order chi connectivity index (χ1) is 9.84. The Kier molecular flexibility index (Phi) is 4.66. The predicted octanol–water partition coefficient (Wildman–Crippen LogP) is 3.45. The lowest BCUT2D eigenvalue weighted by atomic mass is 9.75. The first-order valence-corrected chi connectivity index (χ1v) is 9.05. The Morgan fingerprint density at radius 3 is 2.90 bits per heavy atom. The van der Waals surface area contributed by atoms with Crippen LogP contribution in [0.2, 0.25) is 0 Å². The lowest BCUT2D eigenvalue weighted by Crippen LogP contribution is -2.40. The van der Waals surface area contributed by atoms with Gasteiger partial charge in [-0.05, 0) is 50.9 Å². The van der Waals surface area contributed by atoms with Gasteiger partial charge in [-0.15, -0.1) is 0 Å². The van der Waals surface area contributed by atoms with Crippen molar-refractivity contribution in [3.63, 3.8) is 0 Å². The summed E-state index contributed by atoms with van der Waals surface area (Å²) in [7, 11) is 0. The third-order valence-corrected chi connectivity index (χ3v) is 6.03. The first-order valence-electron chi connectivity index (χ1n) is 8.00. The van der Waals surface area contributed by atoms with Crippen molar-refractivity contribution in [1.82, 2.24) is 15.5 Å². The summed E-state index contributed by atoms with van der Waals surface area (Å²) in [6.45, 7) is 4.38. The van der Waals surface area contributed by atoms with Crippen molar-refractivity contribution in [3.05, 3.63) is 11.7 Å². The van der Waals surface area contributed by atoms with Crippen LogP contribution < -0.4 is 5.32 Å². The van der Waals surface area contributed by atoms with E-state index in [-0.39, 0.29) is 5.41 Å². The number of thioether (sulfide) groups is 1. The van der Waals surface area contributed by atoms with E-state index in [1.165, 1.54) is 31.4 Å². The molecule has 1 N–H and O–H groups in total. The van der Waals surface area contributed by atoms with Crippen molar-refractivity contribution in [1.29, 1.82) is 0 Å². The van der Waals surface area contributed by atoms with Crippen molar-refractivity contribution in [2.45, 2.75) is 62.5 Å². The van der Waals surface area contributed by atoms with Gasteiger partial charge in [0, 0.05) is 0 Å². The number of nitrogens with one attached hydrogen (secondary N) is 1. The van der Waals surface area contributed by atoms with E-state index in [1.54, 1.807) is 0 Å². The number of nitrogens with zero attached hydrogens (tertiary/aromatic N) is 2. The molecule has 3 heterocycles. The maximum atomic E-state index is 5.71. The Morgan fingerprint density at radius 1 is 1.35 bits per heavy atom. The van der Waals surface area contributed by atoms with Crippen LogP contribution in [-0.4, -0.2) is 29.0 Å². The smallest absolute Gasteiger partial charge is 0.232 e. The molecule has 2 aliphatic heterocycles. The minimum atomic E-state index is 0.130. The van der Waals surface area contributed by atoms with Crippen LogP contribution in [0.25, 0.3) is 0 Å². The largest absolute Gasteiger partial charge is 0.339 e. The number of hydrogen-bond donors (Lipinski definition) is 1. The van der Waals surface area contributed by atoms with E-state index in [1.807, 2.05) is 11.8 Å². The van der Waals surface area contributed by atoms with Crippen molar-refractivity contribution in [2.24, 2.45) is 0 Å². The second-order valence-corrected chi connectivity index (χ2v) is 7.40. The normalized spacial score (nSPS) is 26.6. The van der Waals surface area contributed by atoms with Gasteiger partial charge in [-0.25, -0.2) is 0 Å². The molecule has 1 aromatic heterocycles. The van der Waals surface area contributed by atoms with Gasteiger partial charge in [0.1, 0.15) is 0 Å². The van der Waals surface area contributed by atoms with Crippen LogP contribution in [0.3, 0.4) is 0 Å². The molecule has 0 radical (unpaired) electrons. The maximum absolute atomic E-state index is 5.71. The molecular weight excluding hydrogens is 270 g/mol. The lowest BCUT2D eigenvalue weighted by Gasteiger charge is -2.34. The van der Waals surface area contributed by atoms with E-state index >= 15 is 0 Å². The highest BCUT2D eigenvalue weighted by atomic mass is 32.2. The van der Waals surface area contributed by atoms with Crippen LogP contribution in [0.15, 0.2) is 4.52 Å². The quantitative estimate of drug-likeness (QED) is 0.922. The van der Waals surface area contributed by atoms with Crippen molar-refractivity contribution >= 4 is 11.8 Å². The molecule has 1 unspecified atom stereocenters. The van der Waals surface area contributed by atoms with E-state index < -0.39 is 0 Å². The molecule has 5 heteroatoms. The standard InChI is InChI=1S/C15H25N3OS/c1-2-6-15(7-9-16-10-8-15)14-17-13(18-19-14)12-5-3-4-11-20-12/h12,16H,2-11H2,1H3. The van der Waals surface area contributed by atoms with E-state index in [0.29, 0.717) is 5.25 Å². The number of hydrogen-bond acceptors (Lipinski definition) is 5. The van der Waals surface area contributed by atoms with Gasteiger partial charge < -0.3 is 9.84 Å². The molecule has 4 nitrogen and oxygen atoms in total. The molecule has 3 rings (SSSR count). The summed E-state index contributed by atoms with van der Waals surface area (Å²) in [5.41, 5.74) is 0.130. The van der Waals surface area contributed by atoms with Gasteiger partial charge in [-0.1, -0.05) is 24.9 Å². The van der Waals surface area contributed by atoms with Gasteiger partial charge in [-0.2, -0.15) is 16.7 Å². The molecule has 0 amide bonds. The van der Waals surface area contributed by atoms with Crippen LogP contribution in [0.5, 0.6) is 0 Å². The summed E-state index contributed by atoms with van der Waals surface area (Å²) in [5, 5.41) is 8.22. The Hall–Kier alpha value is -0.550. The zero-order chi connectivity index (χ0) is 13.8. The minimum Gasteiger partial charge on any atom is -0.339 e. The topological polar surface area (TPSA) is 51.0 Å². The molecule has 20 heavy (non-hydrogen) atoms. The summed E-state index contributed by atoms with van der Waals surface area (Å²) < 4.78 is 5.71. The molecule has 112 valence electrons. The van der Waals surface area contributed by atoms with Gasteiger partial charge in [-0.3, -0.25) is 0 Å². The fourth-order valence-electron chi connectivity index (χ4n) is 3.48. The van der Waals surface area contributed by atoms with Gasteiger partial charge in [0.2, 0.25) is 5.89 Å². The van der Waals surface area contributed by atoms with Crippen LogP contribution in [0.1, 0.15) is 68.8 Å². The Labute approximate surface area is 125 Å². The SMILES string of the molecule is CCCC1(c2nc(C3CCCCS3)no2)CCNCC1. The molecule has 2 saturated heterocycles. The molecule has 1 aromatic rings. The Bertz CT molecular complexity index is 417. The summed E-state index contributed by atoms with van der Waals surface area (Å²) in [6, 6.07) is 0. The molecule has 1 atom stereocenters. The van der Waals surface area contributed by atoms with E-state index in [9.17, 15) is 0 Å². The molecule has 0 bridgehead atoms. The van der Waals surface area contributed by atoms with Crippen LogP contribution in [0, 0.1) is 0 Å². The fourth-order valence-corrected chi connectivity index (χ4v) is 4.71. The van der Waals surface area contributed by atoms with Crippen molar-refractivity contribution in [3.8, 4) is 0 Å². The van der Waals surface area contributed by atoms with Crippen molar-refractivity contribution < 1.29 is 4.52 Å². The first kappa shape index (κ1) is 14.4. The zero-order valence-corrected chi connectivity index (χ0v) is 13.2. The third kappa shape index (κ3) is 2.89. The number of aromatic nitrogens is 2. The Morgan fingerprint density at radius 2 is 2.20 bits per heavy atom. The van der Waals surface area contributed by atoms with Crippen LogP contribution in [0.4, 0.5) is 0 Å². The maximum Gasteiger partial charge on any atom is 0.232 e. The highest BCUT2D eigenvalue weighted by molar-refractivity contribution is 7.99. The number of rotatable bonds is 4. The summed E-state index contributed by atoms with van der Waals surface area (Å²) in [6.07, 6.45) is 8.42. The molecular formula is C15H25N3OS. The summed E-state index contributed by atoms with van der Waals surface area (Å²) in [5.74, 6) is 3.08. The summed E-state index contributed by atoms with van der Waals surface area (Å²) >= 11 is 1.99. The van der Waals surface area contributed by atoms with Gasteiger partial charge >= 0.3 is 0 Å². The lowest BCUT2D eigenvalue weighted by molar-refractivity contribution is 0.208. The van der Waals surface area contributed by atoms with Gasteiger partial charge in [0.15, 0.2) is 5.82 Å². The fraction of sp³-hybridized carbons (Fsp3) is 0.867. The second-order valence-electron chi connectivity index (χ2n) is 6.09. The van der Waals surface area contributed by atoms with E-state index in [2.05, 4.69) is 17.4 Å². The predicted molar refractivity (Wildman–Crippen MR) is 82.0 cm³/mol. The second kappa shape index (κ2) is 6.48. The molecule has 0 aromatic carbocycles. The minimum absolute atomic E-state index is 0.130. The van der Waals surface area contributed by atoms with Crippen LogP contribution >= 0.6 is 11.8 Å². The molecule has 0 aliphatic carbocycles. The van der Waals surface area contributed by atoms with E-state index in [0.717, 1.165) is 44.1 Å². The molecule has 0 spiro atoms. The van der Waals surface area contributed by atoms with E-state index in [4.69, 9.17) is 9.51 Å². The zero-order valence-electron chi connectivity index (χ0n) is 12.4. The van der Waals surface area contributed by atoms with Gasteiger partial charge in [0.05, 0.1) is 10.7 Å². The average molecular weight is 295 g/mol. The molecule has 0 saturated carbocycles. The van der Waals surface area contributed by atoms with Gasteiger partial charge in [0.25, 0.3) is 0 Å². The highest BCUT2D eigenvalue weighted by Crippen LogP contribution is 2.40. The average Bonchev–Trinajstić information content (AvgIpc) is 3.00. The third-order valence-electron chi connectivity index (χ3n) is 4.65. The highest BCUT2D eigenvalue weighted by Gasteiger charge is 2.39. The number of piperidine rings is 1. The Balaban J connectivity index is 1.79.